The van der Waals surface area contributed by atoms with Crippen molar-refractivity contribution in [3.63, 3.8) is 0 Å². The van der Waals surface area contributed by atoms with Crippen molar-refractivity contribution in [2.75, 3.05) is 0 Å². The van der Waals surface area contributed by atoms with Crippen LogP contribution < -0.4 is 0 Å². The van der Waals surface area contributed by atoms with Crippen LogP contribution in [0.2, 0.25) is 5.02 Å². The number of nitrogens with zero attached hydrogens (tertiary/aromatic N) is 1. The monoisotopic (exact) mass is 321 g/mol. The second-order valence-corrected chi connectivity index (χ2v) is 7.16. The summed E-state index contributed by atoms with van der Waals surface area (Å²) in [5.41, 5.74) is 1.46. The van der Waals surface area contributed by atoms with E-state index < -0.39 is 5.97 Å². The summed E-state index contributed by atoms with van der Waals surface area (Å²) < 4.78 is 0. The molecule has 2 aromatic rings. The number of carbonyl (C=O) groups is 1. The van der Waals surface area contributed by atoms with E-state index in [0.29, 0.717) is 10.0 Å². The highest BCUT2D eigenvalue weighted by atomic mass is 35.5. The summed E-state index contributed by atoms with van der Waals surface area (Å²) in [4.78, 5) is 16.0. The van der Waals surface area contributed by atoms with Gasteiger partial charge in [-0.05, 0) is 29.2 Å². The predicted molar refractivity (Wildman–Crippen MR) is 85.5 cm³/mol. The molecule has 1 aromatic carbocycles. The van der Waals surface area contributed by atoms with Gasteiger partial charge in [0.15, 0.2) is 0 Å². The smallest absolute Gasteiger partial charge is 0.337 e. The average molecular weight is 322 g/mol. The zero-order chi connectivity index (χ0) is 15.6. The van der Waals surface area contributed by atoms with Gasteiger partial charge >= 0.3 is 5.97 Å². The van der Waals surface area contributed by atoms with Crippen molar-refractivity contribution >= 4 is 29.3 Å². The molecule has 0 amide bonds. The van der Waals surface area contributed by atoms with Crippen LogP contribution in [0.4, 0.5) is 0 Å². The number of aromatic nitrogens is 1. The highest BCUT2D eigenvalue weighted by Crippen LogP contribution is 2.33. The molecule has 5 heteroatoms. The summed E-state index contributed by atoms with van der Waals surface area (Å²) in [6.45, 7) is 6.49. The van der Waals surface area contributed by atoms with E-state index in [1.807, 2.05) is 12.1 Å². The first-order chi connectivity index (χ1) is 9.77. The number of hydrogen-bond acceptors (Lipinski definition) is 3. The van der Waals surface area contributed by atoms with Gasteiger partial charge in [0.2, 0.25) is 0 Å². The Balaban J connectivity index is 2.20. The van der Waals surface area contributed by atoms with E-state index in [2.05, 4.69) is 37.9 Å². The summed E-state index contributed by atoms with van der Waals surface area (Å²) >= 11 is 7.50. The molecule has 3 nitrogen and oxygen atoms in total. The van der Waals surface area contributed by atoms with Gasteiger partial charge in [-0.15, -0.1) is 0 Å². The number of hydrogen-bond donors (Lipinski definition) is 1. The predicted octanol–water partition coefficient (Wildman–Crippen LogP) is 4.88. The lowest BCUT2D eigenvalue weighted by Crippen LogP contribution is -2.10. The first kappa shape index (κ1) is 15.9. The number of carboxylic acid groups (broad SMARTS) is 1. The Morgan fingerprint density at radius 3 is 2.33 bits per heavy atom. The Morgan fingerprint density at radius 1 is 1.24 bits per heavy atom. The summed E-state index contributed by atoms with van der Waals surface area (Å²) in [6, 6.07) is 9.63. The third kappa shape index (κ3) is 3.99. The Hall–Kier alpha value is -1.52. The van der Waals surface area contributed by atoms with E-state index in [4.69, 9.17) is 16.7 Å². The molecule has 0 fully saturated rings. The van der Waals surface area contributed by atoms with Crippen LogP contribution in [0.25, 0.3) is 0 Å². The van der Waals surface area contributed by atoms with E-state index in [9.17, 15) is 4.79 Å². The fourth-order valence-corrected chi connectivity index (χ4v) is 2.79. The lowest BCUT2D eigenvalue weighted by atomic mass is 9.87. The molecule has 0 aliphatic rings. The van der Waals surface area contributed by atoms with Gasteiger partial charge in [-0.2, -0.15) is 0 Å². The topological polar surface area (TPSA) is 50.2 Å². The molecule has 0 saturated carbocycles. The molecule has 0 bridgehead atoms. The second-order valence-electron chi connectivity index (χ2n) is 5.69. The fourth-order valence-electron chi connectivity index (χ4n) is 1.75. The Labute approximate surface area is 133 Å². The van der Waals surface area contributed by atoms with Crippen molar-refractivity contribution in [1.29, 1.82) is 0 Å². The second kappa shape index (κ2) is 6.08. The molecule has 0 radical (unpaired) electrons. The largest absolute Gasteiger partial charge is 0.478 e. The van der Waals surface area contributed by atoms with Gasteiger partial charge in [0, 0.05) is 11.1 Å². The lowest BCUT2D eigenvalue weighted by molar-refractivity contribution is 0.0696. The number of pyridine rings is 1. The third-order valence-corrected chi connectivity index (χ3v) is 4.42. The Kier molecular flexibility index (Phi) is 4.59. The van der Waals surface area contributed by atoms with Gasteiger partial charge in [-0.25, -0.2) is 9.78 Å². The highest BCUT2D eigenvalue weighted by Gasteiger charge is 2.14. The molecule has 0 aliphatic heterocycles. The minimum atomic E-state index is -1.03. The van der Waals surface area contributed by atoms with Crippen LogP contribution >= 0.6 is 23.4 Å². The van der Waals surface area contributed by atoms with Gasteiger partial charge in [-0.1, -0.05) is 56.3 Å². The van der Waals surface area contributed by atoms with Crippen LogP contribution in [-0.2, 0) is 5.41 Å². The van der Waals surface area contributed by atoms with Crippen molar-refractivity contribution in [1.82, 2.24) is 4.98 Å². The molecule has 0 aliphatic carbocycles. The van der Waals surface area contributed by atoms with Crippen molar-refractivity contribution in [2.24, 2.45) is 0 Å². The van der Waals surface area contributed by atoms with Gasteiger partial charge in [0.1, 0.15) is 5.03 Å². The van der Waals surface area contributed by atoms with Crippen LogP contribution in [-0.4, -0.2) is 16.1 Å². The van der Waals surface area contributed by atoms with Crippen LogP contribution in [0.3, 0.4) is 0 Å². The maximum Gasteiger partial charge on any atom is 0.337 e. The van der Waals surface area contributed by atoms with E-state index in [0.717, 1.165) is 4.90 Å². The highest BCUT2D eigenvalue weighted by molar-refractivity contribution is 7.99. The molecule has 0 unspecified atom stereocenters. The van der Waals surface area contributed by atoms with Gasteiger partial charge in [0.05, 0.1) is 10.6 Å². The summed E-state index contributed by atoms with van der Waals surface area (Å²) in [7, 11) is 0. The summed E-state index contributed by atoms with van der Waals surface area (Å²) in [6.07, 6.45) is 1.32. The SMILES string of the molecule is CC(C)(C)c1ccc(Sc2ncc(C(=O)O)cc2Cl)cc1. The Bertz CT molecular complexity index is 663. The lowest BCUT2D eigenvalue weighted by Gasteiger charge is -2.19. The third-order valence-electron chi connectivity index (χ3n) is 2.99. The quantitative estimate of drug-likeness (QED) is 0.875. The number of aromatic carboxylic acids is 1. The van der Waals surface area contributed by atoms with Gasteiger partial charge < -0.3 is 5.11 Å². The zero-order valence-electron chi connectivity index (χ0n) is 12.1. The molecular weight excluding hydrogens is 306 g/mol. The standard InChI is InChI=1S/C16H16ClNO2S/c1-16(2,3)11-4-6-12(7-5-11)21-14-13(17)8-10(9-18-14)15(19)20/h4-9H,1-3H3,(H,19,20). The average Bonchev–Trinajstić information content (AvgIpc) is 2.40. The first-order valence-corrected chi connectivity index (χ1v) is 7.64. The van der Waals surface area contributed by atoms with Crippen molar-refractivity contribution in [3.8, 4) is 0 Å². The number of carboxylic acids is 1. The number of halogens is 1. The van der Waals surface area contributed by atoms with Crippen LogP contribution in [0, 0.1) is 0 Å². The van der Waals surface area contributed by atoms with Crippen LogP contribution in [0.5, 0.6) is 0 Å². The molecule has 1 N–H and O–H groups in total. The molecule has 21 heavy (non-hydrogen) atoms. The molecule has 2 rings (SSSR count). The van der Waals surface area contributed by atoms with Crippen LogP contribution in [0.15, 0.2) is 46.5 Å². The van der Waals surface area contributed by atoms with E-state index in [1.54, 1.807) is 0 Å². The molecule has 0 saturated heterocycles. The molecule has 1 aromatic heterocycles. The number of rotatable bonds is 3. The van der Waals surface area contributed by atoms with E-state index in [1.165, 1.54) is 29.6 Å². The summed E-state index contributed by atoms with van der Waals surface area (Å²) in [5.74, 6) is -1.03. The molecule has 110 valence electrons. The summed E-state index contributed by atoms with van der Waals surface area (Å²) in [5, 5.41) is 9.84. The normalized spacial score (nSPS) is 11.4. The molecule has 1 heterocycles. The van der Waals surface area contributed by atoms with Gasteiger partial charge in [0.25, 0.3) is 0 Å². The van der Waals surface area contributed by atoms with E-state index >= 15 is 0 Å². The van der Waals surface area contributed by atoms with Crippen molar-refractivity contribution < 1.29 is 9.90 Å². The van der Waals surface area contributed by atoms with Gasteiger partial charge in [-0.3, -0.25) is 0 Å². The zero-order valence-corrected chi connectivity index (χ0v) is 13.6. The number of benzene rings is 1. The molecule has 0 spiro atoms. The van der Waals surface area contributed by atoms with E-state index in [-0.39, 0.29) is 11.0 Å². The van der Waals surface area contributed by atoms with Crippen molar-refractivity contribution in [3.05, 3.63) is 52.7 Å². The first-order valence-electron chi connectivity index (χ1n) is 6.44. The Morgan fingerprint density at radius 2 is 1.86 bits per heavy atom. The fraction of sp³-hybridized carbons (Fsp3) is 0.250. The minimum Gasteiger partial charge on any atom is -0.478 e. The maximum atomic E-state index is 10.8. The molecule has 0 atom stereocenters. The minimum absolute atomic E-state index is 0.0902. The van der Waals surface area contributed by atoms with Crippen LogP contribution in [0.1, 0.15) is 36.7 Å². The van der Waals surface area contributed by atoms with Crippen molar-refractivity contribution in [2.45, 2.75) is 36.1 Å². The maximum absolute atomic E-state index is 10.8. The molecular formula is C16H16ClNO2S.